The standard InChI is InChI=1S/C13H14N2O2/c1-9-14-12(13(16)15(9)2)8-10-5-4-6-11(7-10)17-3/h4-8H,1-3H3/b12-8-. The molecule has 1 aliphatic heterocycles. The van der Waals surface area contributed by atoms with Gasteiger partial charge in [0, 0.05) is 7.05 Å². The summed E-state index contributed by atoms with van der Waals surface area (Å²) in [6.07, 6.45) is 1.76. The van der Waals surface area contributed by atoms with Gasteiger partial charge in [-0.1, -0.05) is 12.1 Å². The first kappa shape index (κ1) is 11.4. The fourth-order valence-corrected chi connectivity index (χ4v) is 1.60. The van der Waals surface area contributed by atoms with E-state index in [0.717, 1.165) is 11.3 Å². The number of amides is 1. The van der Waals surface area contributed by atoms with Crippen molar-refractivity contribution in [2.24, 2.45) is 4.99 Å². The van der Waals surface area contributed by atoms with Crippen molar-refractivity contribution >= 4 is 17.8 Å². The van der Waals surface area contributed by atoms with E-state index in [1.165, 1.54) is 4.90 Å². The highest BCUT2D eigenvalue weighted by Gasteiger charge is 2.23. The molecule has 0 bridgehead atoms. The molecule has 88 valence electrons. The lowest BCUT2D eigenvalue weighted by molar-refractivity contribution is -0.121. The second-order valence-corrected chi connectivity index (χ2v) is 3.83. The topological polar surface area (TPSA) is 41.9 Å². The first-order valence-electron chi connectivity index (χ1n) is 5.31. The van der Waals surface area contributed by atoms with Crippen molar-refractivity contribution in [2.75, 3.05) is 14.2 Å². The summed E-state index contributed by atoms with van der Waals surface area (Å²) >= 11 is 0. The van der Waals surface area contributed by atoms with E-state index in [9.17, 15) is 4.79 Å². The maximum absolute atomic E-state index is 11.8. The fraction of sp³-hybridized carbons (Fsp3) is 0.231. The monoisotopic (exact) mass is 230 g/mol. The van der Waals surface area contributed by atoms with Crippen LogP contribution in [-0.4, -0.2) is 30.8 Å². The SMILES string of the molecule is COc1cccc(/C=C2\N=C(C)N(C)C2=O)c1. The Morgan fingerprint density at radius 1 is 1.41 bits per heavy atom. The number of methoxy groups -OCH3 is 1. The van der Waals surface area contributed by atoms with Crippen LogP contribution >= 0.6 is 0 Å². The van der Waals surface area contributed by atoms with Gasteiger partial charge in [0.15, 0.2) is 0 Å². The van der Waals surface area contributed by atoms with Crippen LogP contribution in [0.25, 0.3) is 6.08 Å². The molecule has 1 aliphatic rings. The zero-order chi connectivity index (χ0) is 12.4. The fourth-order valence-electron chi connectivity index (χ4n) is 1.60. The molecule has 0 saturated carbocycles. The number of rotatable bonds is 2. The first-order chi connectivity index (χ1) is 8.11. The van der Waals surface area contributed by atoms with E-state index in [1.807, 2.05) is 31.2 Å². The van der Waals surface area contributed by atoms with Crippen LogP contribution in [0.5, 0.6) is 5.75 Å². The lowest BCUT2D eigenvalue weighted by Gasteiger charge is -2.06. The van der Waals surface area contributed by atoms with E-state index in [2.05, 4.69) is 4.99 Å². The number of carbonyl (C=O) groups excluding carboxylic acids is 1. The Kier molecular flexibility index (Phi) is 2.95. The summed E-state index contributed by atoms with van der Waals surface area (Å²) in [7, 11) is 3.33. The molecule has 0 N–H and O–H groups in total. The van der Waals surface area contributed by atoms with Crippen LogP contribution in [0.2, 0.25) is 0 Å². The van der Waals surface area contributed by atoms with Gasteiger partial charge in [0.05, 0.1) is 7.11 Å². The molecule has 17 heavy (non-hydrogen) atoms. The van der Waals surface area contributed by atoms with Crippen LogP contribution in [-0.2, 0) is 4.79 Å². The average Bonchev–Trinajstić information content (AvgIpc) is 2.57. The molecule has 0 unspecified atom stereocenters. The molecular weight excluding hydrogens is 216 g/mol. The summed E-state index contributed by atoms with van der Waals surface area (Å²) in [6.45, 7) is 1.81. The van der Waals surface area contributed by atoms with Crippen molar-refractivity contribution in [3.63, 3.8) is 0 Å². The van der Waals surface area contributed by atoms with Gasteiger partial charge in [-0.05, 0) is 30.7 Å². The highest BCUT2D eigenvalue weighted by molar-refractivity contribution is 6.13. The summed E-state index contributed by atoms with van der Waals surface area (Å²) in [5.74, 6) is 1.40. The van der Waals surface area contributed by atoms with Crippen LogP contribution < -0.4 is 4.74 Å². The first-order valence-corrected chi connectivity index (χ1v) is 5.31. The third-order valence-electron chi connectivity index (χ3n) is 2.69. The minimum atomic E-state index is -0.0784. The van der Waals surface area contributed by atoms with Crippen LogP contribution in [0, 0.1) is 0 Å². The van der Waals surface area contributed by atoms with Crippen molar-refractivity contribution in [1.29, 1.82) is 0 Å². The van der Waals surface area contributed by atoms with Gasteiger partial charge in [-0.15, -0.1) is 0 Å². The van der Waals surface area contributed by atoms with Gasteiger partial charge in [-0.25, -0.2) is 4.99 Å². The van der Waals surface area contributed by atoms with E-state index >= 15 is 0 Å². The predicted molar refractivity (Wildman–Crippen MR) is 66.9 cm³/mol. The van der Waals surface area contributed by atoms with E-state index in [-0.39, 0.29) is 5.91 Å². The van der Waals surface area contributed by atoms with E-state index in [4.69, 9.17) is 4.74 Å². The molecule has 0 aromatic heterocycles. The average molecular weight is 230 g/mol. The third-order valence-corrected chi connectivity index (χ3v) is 2.69. The quantitative estimate of drug-likeness (QED) is 0.728. The van der Waals surface area contributed by atoms with Crippen molar-refractivity contribution in [3.8, 4) is 5.75 Å². The van der Waals surface area contributed by atoms with Crippen molar-refractivity contribution in [2.45, 2.75) is 6.92 Å². The number of nitrogens with zero attached hydrogens (tertiary/aromatic N) is 2. The maximum atomic E-state index is 11.8. The Labute approximate surface area is 100 Å². The summed E-state index contributed by atoms with van der Waals surface area (Å²) in [6, 6.07) is 7.51. The van der Waals surface area contributed by atoms with Gasteiger partial charge in [-0.2, -0.15) is 0 Å². The van der Waals surface area contributed by atoms with Crippen molar-refractivity contribution in [3.05, 3.63) is 35.5 Å². The molecule has 0 spiro atoms. The molecule has 1 heterocycles. The largest absolute Gasteiger partial charge is 0.497 e. The number of ether oxygens (including phenoxy) is 1. The lowest BCUT2D eigenvalue weighted by atomic mass is 10.2. The van der Waals surface area contributed by atoms with Crippen LogP contribution in [0.3, 0.4) is 0 Å². The summed E-state index contributed by atoms with van der Waals surface area (Å²) in [5, 5.41) is 0. The molecule has 1 amide bonds. The second kappa shape index (κ2) is 4.41. The molecule has 0 atom stereocenters. The number of amidine groups is 1. The summed E-state index contributed by atoms with van der Waals surface area (Å²) < 4.78 is 5.13. The Hall–Kier alpha value is -2.10. The van der Waals surface area contributed by atoms with Gasteiger partial charge in [0.25, 0.3) is 5.91 Å². The van der Waals surface area contributed by atoms with Crippen molar-refractivity contribution in [1.82, 2.24) is 4.90 Å². The Morgan fingerprint density at radius 3 is 2.76 bits per heavy atom. The van der Waals surface area contributed by atoms with Gasteiger partial charge >= 0.3 is 0 Å². The minimum absolute atomic E-state index is 0.0784. The van der Waals surface area contributed by atoms with Gasteiger partial charge in [0.1, 0.15) is 17.3 Å². The molecule has 0 fully saturated rings. The number of likely N-dealkylation sites (N-methyl/N-ethyl adjacent to an activating group) is 1. The maximum Gasteiger partial charge on any atom is 0.277 e. The lowest BCUT2D eigenvalue weighted by Crippen LogP contribution is -2.25. The Bertz CT molecular complexity index is 518. The highest BCUT2D eigenvalue weighted by atomic mass is 16.5. The third kappa shape index (κ3) is 2.20. The molecule has 0 aliphatic carbocycles. The Morgan fingerprint density at radius 2 is 2.18 bits per heavy atom. The number of carbonyl (C=O) groups is 1. The van der Waals surface area contributed by atoms with E-state index in [0.29, 0.717) is 11.5 Å². The van der Waals surface area contributed by atoms with Gasteiger partial charge in [-0.3, -0.25) is 9.69 Å². The molecule has 1 aromatic carbocycles. The normalized spacial score (nSPS) is 17.6. The summed E-state index contributed by atoms with van der Waals surface area (Å²) in [5.41, 5.74) is 1.36. The molecular formula is C13H14N2O2. The molecule has 0 saturated heterocycles. The van der Waals surface area contributed by atoms with Gasteiger partial charge in [0.2, 0.25) is 0 Å². The van der Waals surface area contributed by atoms with Crippen LogP contribution in [0.4, 0.5) is 0 Å². The number of benzene rings is 1. The molecule has 1 aromatic rings. The van der Waals surface area contributed by atoms with Crippen LogP contribution in [0.1, 0.15) is 12.5 Å². The molecule has 2 rings (SSSR count). The minimum Gasteiger partial charge on any atom is -0.497 e. The highest BCUT2D eigenvalue weighted by Crippen LogP contribution is 2.19. The number of aliphatic imine (C=N–C) groups is 1. The van der Waals surface area contributed by atoms with Gasteiger partial charge < -0.3 is 4.74 Å². The molecule has 4 heteroatoms. The zero-order valence-electron chi connectivity index (χ0n) is 10.1. The van der Waals surface area contributed by atoms with Crippen LogP contribution in [0.15, 0.2) is 35.0 Å². The van der Waals surface area contributed by atoms with Crippen molar-refractivity contribution < 1.29 is 9.53 Å². The summed E-state index contributed by atoms with van der Waals surface area (Å²) in [4.78, 5) is 17.5. The number of hydrogen-bond donors (Lipinski definition) is 0. The predicted octanol–water partition coefficient (Wildman–Crippen LogP) is 1.93. The van der Waals surface area contributed by atoms with E-state index < -0.39 is 0 Å². The zero-order valence-corrected chi connectivity index (χ0v) is 10.1. The number of hydrogen-bond acceptors (Lipinski definition) is 3. The second-order valence-electron chi connectivity index (χ2n) is 3.83. The molecule has 0 radical (unpaired) electrons. The van der Waals surface area contributed by atoms with E-state index in [1.54, 1.807) is 20.2 Å². The Balaban J connectivity index is 2.34. The smallest absolute Gasteiger partial charge is 0.277 e. The molecule has 4 nitrogen and oxygen atoms in total.